The fourth-order valence-corrected chi connectivity index (χ4v) is 2.77. The van der Waals surface area contributed by atoms with Crippen LogP contribution in [0.25, 0.3) is 0 Å². The van der Waals surface area contributed by atoms with E-state index in [2.05, 4.69) is 4.74 Å². The van der Waals surface area contributed by atoms with Crippen molar-refractivity contribution in [2.45, 2.75) is 39.7 Å². The number of carbonyl (C=O) groups excluding carboxylic acids is 2. The predicted octanol–water partition coefficient (Wildman–Crippen LogP) is 1.14. The van der Waals surface area contributed by atoms with Crippen molar-refractivity contribution in [2.24, 2.45) is 17.8 Å². The minimum Gasteiger partial charge on any atom is -0.481 e. The Kier molecular flexibility index (Phi) is 5.53. The molecule has 1 unspecified atom stereocenters. The van der Waals surface area contributed by atoms with Crippen molar-refractivity contribution in [1.29, 1.82) is 0 Å². The van der Waals surface area contributed by atoms with Crippen LogP contribution in [0.5, 0.6) is 0 Å². The molecule has 0 aliphatic heterocycles. The molecule has 0 heterocycles. The van der Waals surface area contributed by atoms with Crippen LogP contribution in [0, 0.1) is 17.8 Å². The van der Waals surface area contributed by atoms with Crippen LogP contribution >= 0.6 is 0 Å². The fraction of sp³-hybridized carbons (Fsp3) is 0.786. The average Bonchev–Trinajstić information content (AvgIpc) is 2.76. The molecule has 0 saturated heterocycles. The Bertz CT molecular complexity index is 393. The number of hydrogen-bond donors (Lipinski definition) is 1. The predicted molar refractivity (Wildman–Crippen MR) is 71.9 cm³/mol. The van der Waals surface area contributed by atoms with Gasteiger partial charge in [0.1, 0.15) is 6.54 Å². The molecule has 0 aromatic carbocycles. The second-order valence-electron chi connectivity index (χ2n) is 5.76. The molecule has 6 nitrogen and oxygen atoms in total. The number of hydrogen-bond acceptors (Lipinski definition) is 4. The first kappa shape index (κ1) is 16.5. The molecule has 1 rings (SSSR count). The quantitative estimate of drug-likeness (QED) is 0.766. The highest BCUT2D eigenvalue weighted by atomic mass is 16.5. The van der Waals surface area contributed by atoms with Gasteiger partial charge in [-0.2, -0.15) is 0 Å². The topological polar surface area (TPSA) is 83.9 Å². The molecular weight excluding hydrogens is 262 g/mol. The van der Waals surface area contributed by atoms with Crippen LogP contribution in [0.2, 0.25) is 0 Å². The number of methoxy groups -OCH3 is 1. The lowest BCUT2D eigenvalue weighted by molar-refractivity contribution is -0.153. The smallest absolute Gasteiger partial charge is 0.325 e. The summed E-state index contributed by atoms with van der Waals surface area (Å²) in [6, 6.07) is -0.174. The normalized spacial score (nSPS) is 25.6. The summed E-state index contributed by atoms with van der Waals surface area (Å²) in [6.07, 6.45) is 1.07. The average molecular weight is 285 g/mol. The zero-order valence-electron chi connectivity index (χ0n) is 12.5. The first-order valence-corrected chi connectivity index (χ1v) is 6.88. The monoisotopic (exact) mass is 285 g/mol. The van der Waals surface area contributed by atoms with Crippen LogP contribution in [0.4, 0.5) is 0 Å². The molecule has 1 N–H and O–H groups in total. The summed E-state index contributed by atoms with van der Waals surface area (Å²) in [6.45, 7) is 5.41. The van der Waals surface area contributed by atoms with E-state index in [-0.39, 0.29) is 24.4 Å². The summed E-state index contributed by atoms with van der Waals surface area (Å²) in [4.78, 5) is 36.6. The van der Waals surface area contributed by atoms with Crippen LogP contribution in [-0.2, 0) is 19.1 Å². The highest BCUT2D eigenvalue weighted by Crippen LogP contribution is 2.37. The molecule has 0 aromatic heterocycles. The van der Waals surface area contributed by atoms with Crippen molar-refractivity contribution >= 4 is 17.8 Å². The van der Waals surface area contributed by atoms with Gasteiger partial charge in [-0.25, -0.2) is 0 Å². The van der Waals surface area contributed by atoms with Crippen LogP contribution in [0.15, 0.2) is 0 Å². The van der Waals surface area contributed by atoms with Gasteiger partial charge in [0.25, 0.3) is 0 Å². The van der Waals surface area contributed by atoms with Gasteiger partial charge >= 0.3 is 11.9 Å². The Balaban J connectivity index is 2.88. The van der Waals surface area contributed by atoms with Gasteiger partial charge in [0.05, 0.1) is 18.9 Å². The lowest BCUT2D eigenvalue weighted by Crippen LogP contribution is -2.45. The number of amides is 1. The lowest BCUT2D eigenvalue weighted by atomic mass is 9.94. The molecule has 1 amide bonds. The maximum absolute atomic E-state index is 12.6. The van der Waals surface area contributed by atoms with Gasteiger partial charge < -0.3 is 14.7 Å². The van der Waals surface area contributed by atoms with Crippen LogP contribution in [-0.4, -0.2) is 47.5 Å². The van der Waals surface area contributed by atoms with Crippen LogP contribution < -0.4 is 0 Å². The molecule has 114 valence electrons. The van der Waals surface area contributed by atoms with E-state index in [0.29, 0.717) is 12.8 Å². The molecule has 0 aromatic rings. The second kappa shape index (κ2) is 6.72. The molecule has 0 spiro atoms. The second-order valence-corrected chi connectivity index (χ2v) is 5.76. The van der Waals surface area contributed by atoms with E-state index >= 15 is 0 Å². The Morgan fingerprint density at radius 2 is 1.80 bits per heavy atom. The standard InChI is InChI=1S/C14H23NO5/c1-8(2)15(7-12(16)20-4)13(17)10-5-9(3)6-11(10)14(18)19/h8-11H,5-7H2,1-4H3,(H,18,19)/t9?,10-,11+/m0/s1. The zero-order chi connectivity index (χ0) is 15.4. The number of carboxylic acids is 1. The minimum absolute atomic E-state index is 0.135. The number of carboxylic acid groups (broad SMARTS) is 1. The number of rotatable bonds is 5. The van der Waals surface area contributed by atoms with Crippen molar-refractivity contribution < 1.29 is 24.2 Å². The Hall–Kier alpha value is -1.59. The molecule has 6 heteroatoms. The largest absolute Gasteiger partial charge is 0.481 e. The molecule has 1 aliphatic carbocycles. The summed E-state index contributed by atoms with van der Waals surface area (Å²) in [5.41, 5.74) is 0. The SMILES string of the molecule is COC(=O)CN(C(=O)[C@H]1CC(C)C[C@H]1C(=O)O)C(C)C. The molecule has 3 atom stereocenters. The van der Waals surface area contributed by atoms with Gasteiger partial charge in [-0.15, -0.1) is 0 Å². The summed E-state index contributed by atoms with van der Waals surface area (Å²) < 4.78 is 4.59. The van der Waals surface area contributed by atoms with Crippen molar-refractivity contribution in [2.75, 3.05) is 13.7 Å². The molecule has 0 radical (unpaired) electrons. The molecule has 0 bridgehead atoms. The maximum atomic E-state index is 12.6. The highest BCUT2D eigenvalue weighted by molar-refractivity contribution is 5.88. The zero-order valence-corrected chi connectivity index (χ0v) is 12.5. The van der Waals surface area contributed by atoms with Crippen molar-refractivity contribution in [1.82, 2.24) is 4.90 Å². The summed E-state index contributed by atoms with van der Waals surface area (Å²) in [5, 5.41) is 9.24. The third-order valence-electron chi connectivity index (χ3n) is 3.87. The van der Waals surface area contributed by atoms with Crippen LogP contribution in [0.1, 0.15) is 33.6 Å². The number of carbonyl (C=O) groups is 3. The number of esters is 1. The first-order chi connectivity index (χ1) is 9.27. The highest BCUT2D eigenvalue weighted by Gasteiger charge is 2.43. The van der Waals surface area contributed by atoms with Crippen LogP contribution in [0.3, 0.4) is 0 Å². The first-order valence-electron chi connectivity index (χ1n) is 6.88. The van der Waals surface area contributed by atoms with Crippen molar-refractivity contribution in [3.63, 3.8) is 0 Å². The summed E-state index contributed by atoms with van der Waals surface area (Å²) in [7, 11) is 1.27. The molecule has 1 saturated carbocycles. The van der Waals surface area contributed by atoms with E-state index in [9.17, 15) is 19.5 Å². The van der Waals surface area contributed by atoms with E-state index in [1.807, 2.05) is 6.92 Å². The van der Waals surface area contributed by atoms with E-state index in [1.165, 1.54) is 12.0 Å². The van der Waals surface area contributed by atoms with E-state index in [4.69, 9.17) is 0 Å². The van der Waals surface area contributed by atoms with Gasteiger partial charge in [0.15, 0.2) is 0 Å². The molecule has 20 heavy (non-hydrogen) atoms. The summed E-state index contributed by atoms with van der Waals surface area (Å²) >= 11 is 0. The number of aliphatic carboxylic acids is 1. The third kappa shape index (κ3) is 3.71. The van der Waals surface area contributed by atoms with E-state index < -0.39 is 23.8 Å². The van der Waals surface area contributed by atoms with Gasteiger partial charge in [-0.1, -0.05) is 6.92 Å². The minimum atomic E-state index is -0.936. The van der Waals surface area contributed by atoms with Gasteiger partial charge in [0.2, 0.25) is 5.91 Å². The molecule has 1 fully saturated rings. The van der Waals surface area contributed by atoms with Crippen molar-refractivity contribution in [3.8, 4) is 0 Å². The fourth-order valence-electron chi connectivity index (χ4n) is 2.77. The number of ether oxygens (including phenoxy) is 1. The Labute approximate surface area is 119 Å². The Morgan fingerprint density at radius 3 is 2.25 bits per heavy atom. The maximum Gasteiger partial charge on any atom is 0.325 e. The molecular formula is C14H23NO5. The van der Waals surface area contributed by atoms with Gasteiger partial charge in [0, 0.05) is 6.04 Å². The van der Waals surface area contributed by atoms with E-state index in [0.717, 1.165) is 0 Å². The molecule has 1 aliphatic rings. The number of nitrogens with zero attached hydrogens (tertiary/aromatic N) is 1. The lowest BCUT2D eigenvalue weighted by Gasteiger charge is -2.29. The Morgan fingerprint density at radius 1 is 1.25 bits per heavy atom. The van der Waals surface area contributed by atoms with Crippen molar-refractivity contribution in [3.05, 3.63) is 0 Å². The van der Waals surface area contributed by atoms with E-state index in [1.54, 1.807) is 13.8 Å². The summed E-state index contributed by atoms with van der Waals surface area (Å²) in [5.74, 6) is -2.69. The van der Waals surface area contributed by atoms with Gasteiger partial charge in [-0.3, -0.25) is 14.4 Å². The third-order valence-corrected chi connectivity index (χ3v) is 3.87. The van der Waals surface area contributed by atoms with Gasteiger partial charge in [-0.05, 0) is 32.6 Å².